The number of nitrogens with zero attached hydrogens (tertiary/aromatic N) is 2. The largest absolute Gasteiger partial charge is 0.0617 e. The molecule has 4 aromatic heterocycles. The van der Waals surface area contributed by atoms with Crippen LogP contribution < -0.4 is 0 Å². The van der Waals surface area contributed by atoms with Crippen molar-refractivity contribution in [2.75, 3.05) is 0 Å². The third-order valence-corrected chi connectivity index (χ3v) is 32.3. The zero-order chi connectivity index (χ0) is 89.9. The summed E-state index contributed by atoms with van der Waals surface area (Å²) in [5.41, 5.74) is 41.2. The summed E-state index contributed by atoms with van der Waals surface area (Å²) in [6, 6.07) is 192. The molecule has 0 saturated heterocycles. The molecule has 0 fully saturated rings. The van der Waals surface area contributed by atoms with Crippen molar-refractivity contribution in [1.29, 1.82) is 0 Å². The fraction of sp³-hybridized carbons (Fsp3) is 0. The van der Waals surface area contributed by atoms with Crippen molar-refractivity contribution in [2.45, 2.75) is 0 Å². The predicted molar refractivity (Wildman–Crippen MR) is 582 cm³/mol. The Hall–Kier alpha value is -16.5. The zero-order valence-electron chi connectivity index (χ0n) is 74.4. The van der Waals surface area contributed by atoms with Crippen LogP contribution in [0.3, 0.4) is 0 Å². The van der Waals surface area contributed by atoms with Gasteiger partial charge in [0.15, 0.2) is 0 Å². The van der Waals surface area contributed by atoms with Crippen molar-refractivity contribution >= 4 is 111 Å². The Bertz CT molecular complexity index is 8990. The summed E-state index contributed by atoms with van der Waals surface area (Å²) >= 11 is 0.447. The Labute approximate surface area is 802 Å². The van der Waals surface area contributed by atoms with E-state index < -0.39 is 0 Å². The fourth-order valence-corrected chi connectivity index (χ4v) is 25.5. The first-order valence-corrected chi connectivity index (χ1v) is 50.0. The van der Waals surface area contributed by atoms with E-state index in [-0.39, 0.29) is 29.0 Å². The van der Waals surface area contributed by atoms with E-state index in [0.717, 1.165) is 11.4 Å². The number of fused-ring (bicyclic) bond motifs is 12. The summed E-state index contributed by atoms with van der Waals surface area (Å²) in [6.07, 6.45) is 0. The normalized spacial score (nSPS) is 11.5. The van der Waals surface area contributed by atoms with Crippen molar-refractivity contribution in [3.05, 3.63) is 522 Å². The molecule has 26 aromatic rings. The van der Waals surface area contributed by atoms with E-state index >= 15 is 0 Å². The summed E-state index contributed by atoms with van der Waals surface area (Å²) in [5.74, 6) is 0. The average Bonchev–Trinajstić information content (AvgIpc) is 1.58. The maximum absolute atomic E-state index is 2.45. The summed E-state index contributed by atoms with van der Waals surface area (Å²) in [5, 5.41) is 10.4. The third kappa shape index (κ3) is 15.4. The second-order valence-electron chi connectivity index (χ2n) is 35.4. The van der Waals surface area contributed by atoms with Crippen LogP contribution in [0.2, 0.25) is 0 Å². The molecule has 0 radical (unpaired) electrons. The van der Waals surface area contributed by atoms with Crippen molar-refractivity contribution in [3.63, 3.8) is 0 Å². The number of hydrogen-bond acceptors (Lipinski definition) is 0. The summed E-state index contributed by atoms with van der Waals surface area (Å²) in [4.78, 5) is 0. The molecule has 0 N–H and O–H groups in total. The maximum Gasteiger partial charge on any atom is -0.0544 e. The van der Waals surface area contributed by atoms with E-state index in [0.29, 0.717) is 0 Å². The van der Waals surface area contributed by atoms with Gasteiger partial charge in [-0.1, -0.05) is 218 Å². The molecule has 26 rings (SSSR count). The number of hydrogen-bond donors (Lipinski definition) is 0. The molecule has 0 saturated carbocycles. The Morgan fingerprint density at radius 2 is 0.331 bits per heavy atom. The molecule has 22 aromatic carbocycles. The second-order valence-corrected chi connectivity index (χ2v) is 39.8. The van der Waals surface area contributed by atoms with Crippen LogP contribution in [0.15, 0.2) is 522 Å². The molecular formula is C132H86N2Se2. The molecule has 0 unspecified atom stereocenters. The smallest absolute Gasteiger partial charge is 0.0544 e. The molecule has 0 bridgehead atoms. The van der Waals surface area contributed by atoms with Gasteiger partial charge in [-0.05, 0) is 80.9 Å². The third-order valence-electron chi connectivity index (χ3n) is 27.2. The van der Waals surface area contributed by atoms with Gasteiger partial charge in [-0.3, -0.25) is 0 Å². The van der Waals surface area contributed by atoms with E-state index in [2.05, 4.69) is 531 Å². The van der Waals surface area contributed by atoms with Crippen LogP contribution in [-0.4, -0.2) is 38.1 Å². The molecule has 0 aliphatic heterocycles. The molecule has 0 spiro atoms. The van der Waals surface area contributed by atoms with Crippen molar-refractivity contribution < 1.29 is 0 Å². The van der Waals surface area contributed by atoms with Crippen LogP contribution in [0.4, 0.5) is 0 Å². The predicted octanol–water partition coefficient (Wildman–Crippen LogP) is 35.6. The molecule has 636 valence electrons. The van der Waals surface area contributed by atoms with Crippen molar-refractivity contribution in [2.24, 2.45) is 0 Å². The van der Waals surface area contributed by atoms with Crippen LogP contribution in [0.5, 0.6) is 0 Å². The fourth-order valence-electron chi connectivity index (χ4n) is 20.3. The number of benzene rings is 22. The Morgan fingerprint density at radius 1 is 0.118 bits per heavy atom. The van der Waals surface area contributed by atoms with Gasteiger partial charge in [0.25, 0.3) is 0 Å². The summed E-state index contributed by atoms with van der Waals surface area (Å²) in [7, 11) is 0. The second kappa shape index (κ2) is 35.2. The van der Waals surface area contributed by atoms with Crippen LogP contribution in [-0.2, 0) is 0 Å². The first-order chi connectivity index (χ1) is 67.4. The molecule has 0 amide bonds. The molecule has 136 heavy (non-hydrogen) atoms. The zero-order valence-corrected chi connectivity index (χ0v) is 77.8. The standard InChI is InChI=1S/2C66H43NSe/c1-5-15-44(16-6-1)47-27-29-48(30-28-47)54-37-55(39-56(38-54)53-33-36-65-62(43-53)59-26-14-25-58(66(59)68-65)49-21-11-4-12-22-49)52-32-35-64-61(42-52)60-41-51(46-19-9-3-10-20-46)31-34-63(60)67(64)57-24-13-23-50(40-57)45-17-7-2-8-18-45;1-5-14-44(15-6-1)47-24-26-49(27-25-47)54-38-55(40-56(39-54)53-32-37-65-62(43-53)59-23-13-22-58(66(59)68-65)50-20-11-4-12-21-50)52-31-36-64-61(42-52)60-41-51(46-18-9-3-10-19-46)30-35-63(60)67(64)57-33-28-48(29-34-57)45-16-7-2-8-17-45/h2*1-43H. The first kappa shape index (κ1) is 81.5. The van der Waals surface area contributed by atoms with Gasteiger partial charge in [0.1, 0.15) is 0 Å². The first-order valence-electron chi connectivity index (χ1n) is 46.6. The topological polar surface area (TPSA) is 9.86 Å². The minimum absolute atomic E-state index is 0.223. The Balaban J connectivity index is 0.000000145. The van der Waals surface area contributed by atoms with Gasteiger partial charge >= 0.3 is 499 Å². The van der Waals surface area contributed by atoms with Gasteiger partial charge in [-0.25, -0.2) is 0 Å². The van der Waals surface area contributed by atoms with Gasteiger partial charge in [0.2, 0.25) is 0 Å². The monoisotopic (exact) mass is 1860 g/mol. The van der Waals surface area contributed by atoms with Gasteiger partial charge in [0, 0.05) is 11.4 Å². The van der Waals surface area contributed by atoms with Crippen LogP contribution >= 0.6 is 0 Å². The van der Waals surface area contributed by atoms with E-state index in [1.807, 2.05) is 0 Å². The SMILES string of the molecule is c1ccc(-c2ccc(-c3cc(-c4ccc5[se]c6c(-c7ccccc7)cccc6c5c4)cc(-c4ccc5c(c4)c4cc(-c6ccccc6)ccc4n5-c4ccc(-c5ccccc5)cc4)c3)cc2)cc1.c1ccc(-c2ccc(-c3cc(-c4ccc5[se]c6c(-c7ccccc7)cccc6c5c4)cc(-c4ccc5c(c4)c4cc(-c6ccccc6)ccc4n5-c4cccc(-c5ccccc5)c4)c3)cc2)cc1. The van der Waals surface area contributed by atoms with Crippen LogP contribution in [0, 0.1) is 0 Å². The van der Waals surface area contributed by atoms with Gasteiger partial charge < -0.3 is 0 Å². The number of rotatable bonds is 16. The molecule has 0 aliphatic carbocycles. The molecule has 0 atom stereocenters. The van der Waals surface area contributed by atoms with Gasteiger partial charge in [-0.2, -0.15) is 0 Å². The maximum atomic E-state index is 2.45. The van der Waals surface area contributed by atoms with E-state index in [1.165, 1.54) is 238 Å². The van der Waals surface area contributed by atoms with Gasteiger partial charge in [-0.15, -0.1) is 0 Å². The van der Waals surface area contributed by atoms with Crippen molar-refractivity contribution in [1.82, 2.24) is 9.13 Å². The molecule has 0 aliphatic rings. The summed E-state index contributed by atoms with van der Waals surface area (Å²) < 4.78 is 10.7. The van der Waals surface area contributed by atoms with Crippen LogP contribution in [0.1, 0.15) is 0 Å². The van der Waals surface area contributed by atoms with Crippen LogP contribution in [0.25, 0.3) is 249 Å². The molecular weight excluding hydrogens is 1770 g/mol. The molecule has 4 heterocycles. The van der Waals surface area contributed by atoms with E-state index in [1.54, 1.807) is 0 Å². The Morgan fingerprint density at radius 3 is 0.647 bits per heavy atom. The average molecular weight is 1860 g/mol. The quantitative estimate of drug-likeness (QED) is 0.0854. The van der Waals surface area contributed by atoms with Gasteiger partial charge in [0.05, 0.1) is 0 Å². The number of aromatic nitrogens is 2. The summed E-state index contributed by atoms with van der Waals surface area (Å²) in [6.45, 7) is 0. The van der Waals surface area contributed by atoms with E-state index in [4.69, 9.17) is 0 Å². The minimum Gasteiger partial charge on any atom is -0.0617 e. The van der Waals surface area contributed by atoms with E-state index in [9.17, 15) is 0 Å². The Kier molecular flexibility index (Phi) is 21.1. The van der Waals surface area contributed by atoms with Crippen molar-refractivity contribution in [3.8, 4) is 167 Å². The molecule has 2 nitrogen and oxygen atoms in total. The molecule has 4 heteroatoms. The minimum atomic E-state index is 0.223.